The van der Waals surface area contributed by atoms with Gasteiger partial charge in [0.1, 0.15) is 6.04 Å². The number of H-pyrrole nitrogens is 1. The van der Waals surface area contributed by atoms with Crippen LogP contribution in [0.1, 0.15) is 19.0 Å². The van der Waals surface area contributed by atoms with Gasteiger partial charge in [-0.3, -0.25) is 4.90 Å². The molecule has 1 saturated heterocycles. The van der Waals surface area contributed by atoms with Gasteiger partial charge < -0.3 is 15.4 Å². The number of aromatic amines is 1. The molecule has 3 N–H and O–H groups in total. The molecule has 1 aromatic rings. The number of urea groups is 1. The number of hydrogen-bond acceptors (Lipinski definition) is 4. The van der Waals surface area contributed by atoms with E-state index in [2.05, 4.69) is 15.3 Å². The Morgan fingerprint density at radius 2 is 2.47 bits per heavy atom. The Balaban J connectivity index is 2.00. The first kappa shape index (κ1) is 13.7. The molecule has 1 aliphatic heterocycles. The summed E-state index contributed by atoms with van der Waals surface area (Å²) in [6.07, 6.45) is 3.87. The lowest BCUT2D eigenvalue weighted by Crippen LogP contribution is -2.49. The lowest BCUT2D eigenvalue weighted by molar-refractivity contribution is -0.141. The Labute approximate surface area is 114 Å². The van der Waals surface area contributed by atoms with Crippen LogP contribution in [0.5, 0.6) is 0 Å². The van der Waals surface area contributed by atoms with Crippen LogP contribution in [0.25, 0.3) is 0 Å². The van der Waals surface area contributed by atoms with E-state index in [1.807, 2.05) is 6.92 Å². The number of hydrogen-bond donors (Lipinski definition) is 3. The van der Waals surface area contributed by atoms with Crippen molar-refractivity contribution in [2.75, 3.05) is 5.75 Å². The summed E-state index contributed by atoms with van der Waals surface area (Å²) in [6.45, 7) is 2.25. The van der Waals surface area contributed by atoms with E-state index in [9.17, 15) is 9.59 Å². The standard InChI is InChI=1S/C11H16N4O3S/c1-2-9-15(8(5-19-9)10(16)17)11(18)13-4-7-3-12-6-14-7/h3,6,8-9H,2,4-5H2,1H3,(H,12,14)(H,13,18)(H,16,17). The predicted octanol–water partition coefficient (Wildman–Crippen LogP) is 0.857. The van der Waals surface area contributed by atoms with Crippen molar-refractivity contribution >= 4 is 23.8 Å². The summed E-state index contributed by atoms with van der Waals surface area (Å²) >= 11 is 1.50. The summed E-state index contributed by atoms with van der Waals surface area (Å²) in [5.74, 6) is -0.522. The second kappa shape index (κ2) is 5.96. The third-order valence-electron chi connectivity index (χ3n) is 2.95. The van der Waals surface area contributed by atoms with E-state index in [0.29, 0.717) is 12.3 Å². The third kappa shape index (κ3) is 3.01. The van der Waals surface area contributed by atoms with Gasteiger partial charge in [0, 0.05) is 11.9 Å². The fraction of sp³-hybridized carbons (Fsp3) is 0.545. The van der Waals surface area contributed by atoms with Gasteiger partial charge in [-0.15, -0.1) is 11.8 Å². The maximum Gasteiger partial charge on any atom is 0.327 e. The fourth-order valence-corrected chi connectivity index (χ4v) is 3.33. The molecule has 0 radical (unpaired) electrons. The van der Waals surface area contributed by atoms with Gasteiger partial charge >= 0.3 is 12.0 Å². The zero-order valence-corrected chi connectivity index (χ0v) is 11.3. The molecule has 2 heterocycles. The molecule has 1 fully saturated rings. The Hall–Kier alpha value is -1.70. The molecule has 0 aromatic carbocycles. The quantitative estimate of drug-likeness (QED) is 0.761. The largest absolute Gasteiger partial charge is 0.480 e. The van der Waals surface area contributed by atoms with Crippen molar-refractivity contribution < 1.29 is 14.7 Å². The van der Waals surface area contributed by atoms with E-state index >= 15 is 0 Å². The molecule has 2 unspecified atom stereocenters. The number of carbonyl (C=O) groups is 2. The van der Waals surface area contributed by atoms with Crippen LogP contribution in [0.15, 0.2) is 12.5 Å². The maximum atomic E-state index is 12.1. The Bertz CT molecular complexity index is 451. The van der Waals surface area contributed by atoms with Crippen LogP contribution in [0.3, 0.4) is 0 Å². The SMILES string of the molecule is CCC1SCC(C(=O)O)N1C(=O)NCc1cnc[nH]1. The molecule has 19 heavy (non-hydrogen) atoms. The second-order valence-corrected chi connectivity index (χ2v) is 5.40. The highest BCUT2D eigenvalue weighted by Gasteiger charge is 2.40. The fourth-order valence-electron chi connectivity index (χ4n) is 1.98. The number of aliphatic carboxylic acids is 1. The summed E-state index contributed by atoms with van der Waals surface area (Å²) in [5.41, 5.74) is 0.778. The highest BCUT2D eigenvalue weighted by Crippen LogP contribution is 2.31. The number of carbonyl (C=O) groups excluding carboxylic acids is 1. The van der Waals surface area contributed by atoms with Crippen LogP contribution < -0.4 is 5.32 Å². The van der Waals surface area contributed by atoms with Crippen molar-refractivity contribution in [3.63, 3.8) is 0 Å². The van der Waals surface area contributed by atoms with E-state index in [-0.39, 0.29) is 11.4 Å². The first-order valence-corrected chi connectivity index (χ1v) is 7.06. The Morgan fingerprint density at radius 3 is 3.05 bits per heavy atom. The molecule has 0 saturated carbocycles. The number of rotatable bonds is 4. The lowest BCUT2D eigenvalue weighted by atomic mass is 10.3. The average molecular weight is 284 g/mol. The van der Waals surface area contributed by atoms with Crippen molar-refractivity contribution in [1.29, 1.82) is 0 Å². The van der Waals surface area contributed by atoms with Crippen LogP contribution in [-0.4, -0.2) is 49.1 Å². The molecule has 1 aromatic heterocycles. The van der Waals surface area contributed by atoms with E-state index in [0.717, 1.165) is 12.1 Å². The zero-order chi connectivity index (χ0) is 13.8. The number of nitrogens with zero attached hydrogens (tertiary/aromatic N) is 2. The molecule has 8 heteroatoms. The Kier molecular flexibility index (Phi) is 4.31. The molecule has 104 valence electrons. The minimum absolute atomic E-state index is 0.0807. The highest BCUT2D eigenvalue weighted by molar-refractivity contribution is 8.00. The number of imidazole rings is 1. The van der Waals surface area contributed by atoms with Gasteiger partial charge in [-0.2, -0.15) is 0 Å². The van der Waals surface area contributed by atoms with Gasteiger partial charge in [-0.25, -0.2) is 14.6 Å². The van der Waals surface area contributed by atoms with Gasteiger partial charge in [-0.1, -0.05) is 6.92 Å². The molecule has 2 rings (SSSR count). The normalized spacial score (nSPS) is 22.5. The molecule has 0 spiro atoms. The van der Waals surface area contributed by atoms with Crippen LogP contribution in [0.2, 0.25) is 0 Å². The molecule has 2 atom stereocenters. The summed E-state index contributed by atoms with van der Waals surface area (Å²) in [6, 6.07) is -1.10. The van der Waals surface area contributed by atoms with Crippen LogP contribution in [0, 0.1) is 0 Å². The monoisotopic (exact) mass is 284 g/mol. The average Bonchev–Trinajstić information content (AvgIpc) is 3.04. The lowest BCUT2D eigenvalue weighted by Gasteiger charge is -2.26. The van der Waals surface area contributed by atoms with E-state index in [1.54, 1.807) is 6.20 Å². The summed E-state index contributed by atoms with van der Waals surface area (Å²) in [5, 5.41) is 11.8. The molecule has 1 aliphatic rings. The number of nitrogens with one attached hydrogen (secondary N) is 2. The molecule has 2 amide bonds. The van der Waals surface area contributed by atoms with Crippen LogP contribution in [-0.2, 0) is 11.3 Å². The first-order chi connectivity index (χ1) is 9.13. The maximum absolute atomic E-state index is 12.1. The van der Waals surface area contributed by atoms with Gasteiger partial charge in [0.05, 0.1) is 23.9 Å². The number of carboxylic acids is 1. The molecular formula is C11H16N4O3S. The first-order valence-electron chi connectivity index (χ1n) is 6.01. The third-order valence-corrected chi connectivity index (χ3v) is 4.40. The summed E-state index contributed by atoms with van der Waals surface area (Å²) < 4.78 is 0. The number of amides is 2. The topological polar surface area (TPSA) is 98.3 Å². The molecule has 0 bridgehead atoms. The highest BCUT2D eigenvalue weighted by atomic mass is 32.2. The van der Waals surface area contributed by atoms with Gasteiger partial charge in [-0.05, 0) is 6.42 Å². The Morgan fingerprint density at radius 1 is 1.68 bits per heavy atom. The summed E-state index contributed by atoms with van der Waals surface area (Å²) in [4.78, 5) is 31.4. The van der Waals surface area contributed by atoms with E-state index < -0.39 is 12.0 Å². The van der Waals surface area contributed by atoms with Crippen molar-refractivity contribution in [2.24, 2.45) is 0 Å². The smallest absolute Gasteiger partial charge is 0.327 e. The van der Waals surface area contributed by atoms with Crippen molar-refractivity contribution in [3.8, 4) is 0 Å². The van der Waals surface area contributed by atoms with Gasteiger partial charge in [0.15, 0.2) is 0 Å². The second-order valence-electron chi connectivity index (χ2n) is 4.19. The minimum Gasteiger partial charge on any atom is -0.480 e. The van der Waals surface area contributed by atoms with E-state index in [1.165, 1.54) is 23.0 Å². The van der Waals surface area contributed by atoms with Crippen molar-refractivity contribution in [1.82, 2.24) is 20.2 Å². The number of thioether (sulfide) groups is 1. The van der Waals surface area contributed by atoms with Gasteiger partial charge in [0.2, 0.25) is 0 Å². The van der Waals surface area contributed by atoms with Crippen LogP contribution in [0.4, 0.5) is 4.79 Å². The molecule has 7 nitrogen and oxygen atoms in total. The number of carboxylic acid groups (broad SMARTS) is 1. The van der Waals surface area contributed by atoms with Gasteiger partial charge in [0.25, 0.3) is 0 Å². The minimum atomic E-state index is -0.958. The van der Waals surface area contributed by atoms with Crippen molar-refractivity contribution in [2.45, 2.75) is 31.3 Å². The molecule has 0 aliphatic carbocycles. The van der Waals surface area contributed by atoms with Crippen molar-refractivity contribution in [3.05, 3.63) is 18.2 Å². The number of aromatic nitrogens is 2. The predicted molar refractivity (Wildman–Crippen MR) is 70.6 cm³/mol. The zero-order valence-electron chi connectivity index (χ0n) is 10.5. The van der Waals surface area contributed by atoms with Crippen LogP contribution >= 0.6 is 11.8 Å². The van der Waals surface area contributed by atoms with E-state index in [4.69, 9.17) is 5.11 Å². The molecular weight excluding hydrogens is 268 g/mol. The summed E-state index contributed by atoms with van der Waals surface area (Å²) in [7, 11) is 0.